The summed E-state index contributed by atoms with van der Waals surface area (Å²) in [7, 11) is 1.36. The van der Waals surface area contributed by atoms with Crippen molar-refractivity contribution in [2.45, 2.75) is 6.54 Å². The summed E-state index contributed by atoms with van der Waals surface area (Å²) in [6, 6.07) is 1.71. The van der Waals surface area contributed by atoms with Gasteiger partial charge in [0.1, 0.15) is 5.69 Å². The van der Waals surface area contributed by atoms with Gasteiger partial charge in [-0.05, 0) is 22.0 Å². The van der Waals surface area contributed by atoms with Crippen LogP contribution in [0.2, 0.25) is 0 Å². The Hall–Kier alpha value is -0.810. The van der Waals surface area contributed by atoms with Gasteiger partial charge in [-0.15, -0.1) is 0 Å². The molecule has 0 fully saturated rings. The number of aromatic nitrogens is 1. The van der Waals surface area contributed by atoms with Crippen molar-refractivity contribution in [3.8, 4) is 0 Å². The predicted molar refractivity (Wildman–Crippen MR) is 52.5 cm³/mol. The van der Waals surface area contributed by atoms with E-state index < -0.39 is 0 Å². The van der Waals surface area contributed by atoms with Crippen molar-refractivity contribution < 1.29 is 9.53 Å². The van der Waals surface area contributed by atoms with Crippen LogP contribution in [-0.2, 0) is 11.3 Å². The molecule has 1 heterocycles. The number of halogens is 1. The molecule has 0 bridgehead atoms. The van der Waals surface area contributed by atoms with E-state index >= 15 is 0 Å². The molecule has 72 valence electrons. The van der Waals surface area contributed by atoms with Gasteiger partial charge >= 0.3 is 5.97 Å². The molecule has 0 atom stereocenters. The Kier molecular flexibility index (Phi) is 3.50. The van der Waals surface area contributed by atoms with Gasteiger partial charge in [0.05, 0.1) is 7.11 Å². The molecule has 1 aromatic heterocycles. The molecule has 13 heavy (non-hydrogen) atoms. The van der Waals surface area contributed by atoms with Crippen LogP contribution in [0.5, 0.6) is 0 Å². The van der Waals surface area contributed by atoms with E-state index in [1.807, 2.05) is 0 Å². The first-order valence-electron chi connectivity index (χ1n) is 3.83. The van der Waals surface area contributed by atoms with Gasteiger partial charge in [0.25, 0.3) is 0 Å². The van der Waals surface area contributed by atoms with Crippen LogP contribution in [0.25, 0.3) is 0 Å². The minimum Gasteiger partial charge on any atom is -0.464 e. The number of rotatable bonds is 3. The third kappa shape index (κ3) is 2.32. The van der Waals surface area contributed by atoms with E-state index in [-0.39, 0.29) is 5.97 Å². The summed E-state index contributed by atoms with van der Waals surface area (Å²) in [5.74, 6) is -0.348. The second kappa shape index (κ2) is 4.43. The molecule has 0 aromatic carbocycles. The fourth-order valence-corrected chi connectivity index (χ4v) is 1.54. The van der Waals surface area contributed by atoms with E-state index in [0.717, 1.165) is 4.47 Å². The molecule has 1 rings (SSSR count). The number of ether oxygens (including phenoxy) is 1. The van der Waals surface area contributed by atoms with Crippen molar-refractivity contribution in [2.75, 3.05) is 13.7 Å². The number of esters is 1. The van der Waals surface area contributed by atoms with Gasteiger partial charge in [0.2, 0.25) is 0 Å². The van der Waals surface area contributed by atoms with E-state index in [2.05, 4.69) is 20.7 Å². The van der Waals surface area contributed by atoms with Crippen LogP contribution in [0.4, 0.5) is 0 Å². The minimum absolute atomic E-state index is 0.348. The lowest BCUT2D eigenvalue weighted by Gasteiger charge is -2.04. The molecule has 0 radical (unpaired) electrons. The maximum absolute atomic E-state index is 11.2. The topological polar surface area (TPSA) is 57.2 Å². The lowest BCUT2D eigenvalue weighted by molar-refractivity contribution is 0.0588. The molecule has 0 saturated carbocycles. The molecule has 4 nitrogen and oxygen atoms in total. The zero-order valence-electron chi connectivity index (χ0n) is 7.29. The fourth-order valence-electron chi connectivity index (χ4n) is 1.07. The lowest BCUT2D eigenvalue weighted by Crippen LogP contribution is -2.15. The highest BCUT2D eigenvalue weighted by molar-refractivity contribution is 9.10. The zero-order chi connectivity index (χ0) is 9.84. The van der Waals surface area contributed by atoms with E-state index in [1.165, 1.54) is 7.11 Å². The number of methoxy groups -OCH3 is 1. The van der Waals surface area contributed by atoms with Crippen molar-refractivity contribution in [1.82, 2.24) is 4.57 Å². The lowest BCUT2D eigenvalue weighted by atomic mass is 10.4. The smallest absolute Gasteiger partial charge is 0.354 e. The number of nitrogens with two attached hydrogens (primary N) is 1. The monoisotopic (exact) mass is 246 g/mol. The molecule has 1 aromatic rings. The normalized spacial score (nSPS) is 10.1. The molecule has 0 saturated heterocycles. The summed E-state index contributed by atoms with van der Waals surface area (Å²) >= 11 is 3.28. The average molecular weight is 247 g/mol. The standard InChI is InChI=1S/C8H11BrN2O2/c1-13-8(12)7-4-6(9)5-11(7)3-2-10/h4-5H,2-3,10H2,1H3. The van der Waals surface area contributed by atoms with Crippen LogP contribution in [-0.4, -0.2) is 24.2 Å². The summed E-state index contributed by atoms with van der Waals surface area (Å²) in [5.41, 5.74) is 5.91. The van der Waals surface area contributed by atoms with E-state index in [1.54, 1.807) is 16.8 Å². The molecule has 0 spiro atoms. The van der Waals surface area contributed by atoms with Crippen molar-refractivity contribution >= 4 is 21.9 Å². The highest BCUT2D eigenvalue weighted by atomic mass is 79.9. The Morgan fingerprint density at radius 2 is 2.46 bits per heavy atom. The van der Waals surface area contributed by atoms with Crippen molar-refractivity contribution in [3.05, 3.63) is 22.4 Å². The highest BCUT2D eigenvalue weighted by Gasteiger charge is 2.12. The van der Waals surface area contributed by atoms with Crippen LogP contribution in [0.15, 0.2) is 16.7 Å². The van der Waals surface area contributed by atoms with Crippen LogP contribution in [0, 0.1) is 0 Å². The van der Waals surface area contributed by atoms with Crippen molar-refractivity contribution in [3.63, 3.8) is 0 Å². The predicted octanol–water partition coefficient (Wildman–Crippen LogP) is 0.996. The summed E-state index contributed by atoms with van der Waals surface area (Å²) in [4.78, 5) is 11.2. The van der Waals surface area contributed by atoms with Gasteiger partial charge in [0, 0.05) is 23.8 Å². The van der Waals surface area contributed by atoms with Crippen LogP contribution < -0.4 is 5.73 Å². The van der Waals surface area contributed by atoms with Gasteiger partial charge < -0.3 is 15.0 Å². The third-order valence-electron chi connectivity index (χ3n) is 1.63. The molecule has 0 aliphatic carbocycles. The molecule has 2 N–H and O–H groups in total. The van der Waals surface area contributed by atoms with Crippen molar-refractivity contribution in [1.29, 1.82) is 0 Å². The molecule has 0 unspecified atom stereocenters. The first-order valence-corrected chi connectivity index (χ1v) is 4.62. The van der Waals surface area contributed by atoms with Gasteiger partial charge in [-0.25, -0.2) is 4.79 Å². The van der Waals surface area contributed by atoms with Crippen LogP contribution in [0.3, 0.4) is 0 Å². The third-order valence-corrected chi connectivity index (χ3v) is 2.06. The average Bonchev–Trinajstić information content (AvgIpc) is 2.46. The second-order valence-electron chi connectivity index (χ2n) is 2.52. The summed E-state index contributed by atoms with van der Waals surface area (Å²) in [5, 5.41) is 0. The number of carbonyl (C=O) groups is 1. The second-order valence-corrected chi connectivity index (χ2v) is 3.43. The summed E-state index contributed by atoms with van der Waals surface area (Å²) < 4.78 is 7.22. The Bertz CT molecular complexity index is 309. The number of hydrogen-bond acceptors (Lipinski definition) is 3. The van der Waals surface area contributed by atoms with Crippen molar-refractivity contribution in [2.24, 2.45) is 5.73 Å². The number of carbonyl (C=O) groups excluding carboxylic acids is 1. The van der Waals surface area contributed by atoms with E-state index in [4.69, 9.17) is 5.73 Å². The quantitative estimate of drug-likeness (QED) is 0.810. The number of hydrogen-bond donors (Lipinski definition) is 1. The maximum Gasteiger partial charge on any atom is 0.354 e. The SMILES string of the molecule is COC(=O)c1cc(Br)cn1CCN. The zero-order valence-corrected chi connectivity index (χ0v) is 8.87. The molecule has 0 aliphatic rings. The van der Waals surface area contributed by atoms with Crippen LogP contribution in [0.1, 0.15) is 10.5 Å². The van der Waals surface area contributed by atoms with E-state index in [9.17, 15) is 4.79 Å². The van der Waals surface area contributed by atoms with Gasteiger partial charge in [-0.3, -0.25) is 0 Å². The van der Waals surface area contributed by atoms with Gasteiger partial charge in [-0.2, -0.15) is 0 Å². The Labute approximate surface area is 84.8 Å². The fraction of sp³-hybridized carbons (Fsp3) is 0.375. The molecular formula is C8H11BrN2O2. The summed E-state index contributed by atoms with van der Waals surface area (Å²) in [6.45, 7) is 1.10. The molecule has 0 aliphatic heterocycles. The molecule has 5 heteroatoms. The maximum atomic E-state index is 11.2. The highest BCUT2D eigenvalue weighted by Crippen LogP contribution is 2.15. The minimum atomic E-state index is -0.348. The molecular weight excluding hydrogens is 236 g/mol. The summed E-state index contributed by atoms with van der Waals surface area (Å²) in [6.07, 6.45) is 1.80. The van der Waals surface area contributed by atoms with Crippen LogP contribution >= 0.6 is 15.9 Å². The largest absolute Gasteiger partial charge is 0.464 e. The first kappa shape index (κ1) is 10.3. The van der Waals surface area contributed by atoms with Gasteiger partial charge in [0.15, 0.2) is 0 Å². The Morgan fingerprint density at radius 3 is 3.00 bits per heavy atom. The molecule has 0 amide bonds. The number of nitrogens with zero attached hydrogens (tertiary/aromatic N) is 1. The Morgan fingerprint density at radius 1 is 1.77 bits per heavy atom. The van der Waals surface area contributed by atoms with E-state index in [0.29, 0.717) is 18.8 Å². The Balaban J connectivity index is 2.96. The van der Waals surface area contributed by atoms with Gasteiger partial charge in [-0.1, -0.05) is 0 Å². The first-order chi connectivity index (χ1) is 6.19.